The van der Waals surface area contributed by atoms with Gasteiger partial charge in [-0.15, -0.1) is 0 Å². The lowest BCUT2D eigenvalue weighted by atomic mass is 9.76. The first kappa shape index (κ1) is 46.6. The Bertz CT molecular complexity index is 2420. The molecule has 10 rings (SSSR count). The summed E-state index contributed by atoms with van der Waals surface area (Å²) in [6.07, 6.45) is 11.9. The maximum atomic E-state index is 12.7. The lowest BCUT2D eigenvalue weighted by molar-refractivity contribution is -0.139. The molecule has 0 radical (unpaired) electrons. The van der Waals surface area contributed by atoms with E-state index in [9.17, 15) is 19.2 Å². The van der Waals surface area contributed by atoms with Crippen molar-refractivity contribution in [2.24, 2.45) is 0 Å². The van der Waals surface area contributed by atoms with Crippen molar-refractivity contribution in [3.05, 3.63) is 135 Å². The summed E-state index contributed by atoms with van der Waals surface area (Å²) in [5.41, 5.74) is 14.0. The van der Waals surface area contributed by atoms with Gasteiger partial charge in [-0.05, 0) is 170 Å². The van der Waals surface area contributed by atoms with Gasteiger partial charge in [0.2, 0.25) is 0 Å². The summed E-state index contributed by atoms with van der Waals surface area (Å²) in [6.45, 7) is 5.69. The monoisotopic (exact) mass is 1160 g/mol. The molecule has 4 aliphatic carbocycles. The van der Waals surface area contributed by atoms with E-state index in [0.717, 1.165) is 129 Å². The zero-order valence-electron chi connectivity index (χ0n) is 35.7. The van der Waals surface area contributed by atoms with Gasteiger partial charge in [0.05, 0.1) is 0 Å². The van der Waals surface area contributed by atoms with Gasteiger partial charge >= 0.3 is 0 Å². The van der Waals surface area contributed by atoms with Crippen LogP contribution in [0.25, 0.3) is 22.3 Å². The summed E-state index contributed by atoms with van der Waals surface area (Å²) in [5.74, 6) is 0.384. The van der Waals surface area contributed by atoms with Crippen molar-refractivity contribution in [1.29, 1.82) is 0 Å². The fourth-order valence-electron chi connectivity index (χ4n) is 10.4. The predicted molar refractivity (Wildman–Crippen MR) is 270 cm³/mol. The number of halogens is 5. The van der Waals surface area contributed by atoms with E-state index in [2.05, 4.69) is 166 Å². The zero-order valence-corrected chi connectivity index (χ0v) is 43.7. The molecule has 0 aromatic heterocycles. The normalized spacial score (nSPS) is 18.1. The molecule has 328 valence electrons. The molecule has 4 aromatic carbocycles. The number of fused-ring (bicyclic) bond motifs is 6. The highest BCUT2D eigenvalue weighted by atomic mass is 79.9. The van der Waals surface area contributed by atoms with Crippen LogP contribution in [0.2, 0.25) is 0 Å². The van der Waals surface area contributed by atoms with Gasteiger partial charge in [-0.2, -0.15) is 0 Å². The second-order valence-corrected chi connectivity index (χ2v) is 22.1. The van der Waals surface area contributed by atoms with Crippen LogP contribution in [0, 0.1) is 0 Å². The lowest BCUT2D eigenvalue weighted by Crippen LogP contribution is -2.33. The van der Waals surface area contributed by atoms with E-state index in [1.807, 2.05) is 0 Å². The molecule has 11 heteroatoms. The Morgan fingerprint density at radius 3 is 1.24 bits per heavy atom. The number of nitrogens with zero attached hydrogens (tertiary/aromatic N) is 2. The van der Waals surface area contributed by atoms with Gasteiger partial charge in [0, 0.05) is 69.9 Å². The Balaban J connectivity index is 0.000000143. The summed E-state index contributed by atoms with van der Waals surface area (Å²) in [7, 11) is 0. The van der Waals surface area contributed by atoms with Crippen LogP contribution in [0.15, 0.2) is 113 Å². The quantitative estimate of drug-likeness (QED) is 0.0951. The predicted octanol–water partition coefficient (Wildman–Crippen LogP) is 14.7. The van der Waals surface area contributed by atoms with E-state index in [0.29, 0.717) is 19.0 Å². The van der Waals surface area contributed by atoms with E-state index < -0.39 is 0 Å². The smallest absolute Gasteiger partial charge is 0.257 e. The van der Waals surface area contributed by atoms with Crippen LogP contribution in [0.1, 0.15) is 125 Å². The Hall–Kier alpha value is -2.96. The Kier molecular flexibility index (Phi) is 14.7. The summed E-state index contributed by atoms with van der Waals surface area (Å²) in [5, 5.41) is 0.927. The summed E-state index contributed by atoms with van der Waals surface area (Å²) in [4.78, 5) is 52.3. The average molecular weight is 1170 g/mol. The maximum Gasteiger partial charge on any atom is 0.257 e. The first-order chi connectivity index (χ1) is 30.3. The van der Waals surface area contributed by atoms with Gasteiger partial charge in [-0.3, -0.25) is 29.0 Å². The molecule has 0 N–H and O–H groups in total. The number of amides is 4. The Morgan fingerprint density at radius 2 is 0.857 bits per heavy atom. The highest BCUT2D eigenvalue weighted by Crippen LogP contribution is 2.53. The number of hydrogen-bond acceptors (Lipinski definition) is 4. The SMILES string of the molecule is CC1(CCCCN2C(=O)C3=C(CCCC3)C2=O)c2cc(Br)ccc2-c2ccc(Br)cc21.CC1c2cc(Br)ccc2-c2ccc(Br)cc21.O=C1C2=C(CCCC2)C(=O)N1CCCCBr. The molecule has 0 spiro atoms. The Labute approximate surface area is 413 Å². The second kappa shape index (κ2) is 19.9. The molecule has 4 amide bonds. The van der Waals surface area contributed by atoms with E-state index in [1.54, 1.807) is 0 Å². The molecular formula is C52H51Br5N2O4. The average Bonchev–Trinajstić information content (AvgIpc) is 3.88. The fourth-order valence-corrected chi connectivity index (χ4v) is 12.3. The fraction of sp³-hybridized carbons (Fsp3) is 0.385. The molecule has 2 aliphatic heterocycles. The van der Waals surface area contributed by atoms with Gasteiger partial charge < -0.3 is 0 Å². The minimum Gasteiger partial charge on any atom is -0.275 e. The largest absolute Gasteiger partial charge is 0.275 e. The molecule has 6 nitrogen and oxygen atoms in total. The van der Waals surface area contributed by atoms with Crippen LogP contribution in [0.5, 0.6) is 0 Å². The number of hydrogen-bond donors (Lipinski definition) is 0. The summed E-state index contributed by atoms with van der Waals surface area (Å²) < 4.78 is 4.50. The number of unbranched alkanes of at least 4 members (excludes halogenated alkanes) is 2. The van der Waals surface area contributed by atoms with Crippen molar-refractivity contribution in [1.82, 2.24) is 9.80 Å². The molecule has 4 aromatic rings. The minimum atomic E-state index is -0.0886. The highest BCUT2D eigenvalue weighted by molar-refractivity contribution is 9.11. The molecule has 0 atom stereocenters. The third kappa shape index (κ3) is 9.26. The maximum absolute atomic E-state index is 12.7. The number of alkyl halides is 1. The second-order valence-electron chi connectivity index (χ2n) is 17.6. The van der Waals surface area contributed by atoms with E-state index >= 15 is 0 Å². The van der Waals surface area contributed by atoms with Crippen molar-refractivity contribution in [3.63, 3.8) is 0 Å². The van der Waals surface area contributed by atoms with Gasteiger partial charge in [-0.1, -0.05) is 124 Å². The van der Waals surface area contributed by atoms with Crippen molar-refractivity contribution >= 4 is 103 Å². The van der Waals surface area contributed by atoms with Crippen LogP contribution in [-0.4, -0.2) is 51.8 Å². The van der Waals surface area contributed by atoms with Gasteiger partial charge in [0.15, 0.2) is 0 Å². The molecule has 63 heavy (non-hydrogen) atoms. The standard InChI is InChI=1S/C26H25Br2NO2.C14H10Br2.C12H16BrNO2/c1-26(12-4-5-13-29-24(30)20-6-2-3-7-21(20)25(29)31)22-14-16(27)8-10-18(22)19-11-9-17(28)15-23(19)26;1-8-13-6-9(15)2-4-11(13)12-5-3-10(16)7-14(8)12;13-7-3-4-8-14-11(15)9-5-1-2-6-10(9)12(14)16/h8-11,14-15H,2-7,12-13H2,1H3;2-8H,1H3;1-8H2. The van der Waals surface area contributed by atoms with E-state index in [4.69, 9.17) is 0 Å². The van der Waals surface area contributed by atoms with Crippen LogP contribution >= 0.6 is 79.6 Å². The van der Waals surface area contributed by atoms with Crippen LogP contribution < -0.4 is 0 Å². The molecule has 0 saturated heterocycles. The number of imide groups is 2. The number of rotatable bonds is 9. The zero-order chi connectivity index (χ0) is 44.6. The molecule has 6 aliphatic rings. The van der Waals surface area contributed by atoms with E-state index in [-0.39, 0.29) is 29.0 Å². The van der Waals surface area contributed by atoms with Crippen LogP contribution in [-0.2, 0) is 24.6 Å². The first-order valence-corrected chi connectivity index (χ1v) is 26.5. The van der Waals surface area contributed by atoms with Crippen LogP contribution in [0.3, 0.4) is 0 Å². The molecular weight excluding hydrogens is 1120 g/mol. The molecule has 0 fully saturated rings. The van der Waals surface area contributed by atoms with Crippen molar-refractivity contribution in [2.45, 2.75) is 109 Å². The molecule has 0 unspecified atom stereocenters. The lowest BCUT2D eigenvalue weighted by Gasteiger charge is -2.28. The number of benzene rings is 4. The summed E-state index contributed by atoms with van der Waals surface area (Å²) >= 11 is 17.7. The molecule has 0 bridgehead atoms. The van der Waals surface area contributed by atoms with E-state index in [1.165, 1.54) is 54.3 Å². The van der Waals surface area contributed by atoms with Gasteiger partial charge in [-0.25, -0.2) is 0 Å². The third-order valence-corrected chi connectivity index (χ3v) is 16.2. The topological polar surface area (TPSA) is 74.8 Å². The van der Waals surface area contributed by atoms with Gasteiger partial charge in [0.1, 0.15) is 0 Å². The molecule has 2 heterocycles. The van der Waals surface area contributed by atoms with Crippen molar-refractivity contribution < 1.29 is 19.2 Å². The van der Waals surface area contributed by atoms with Crippen LogP contribution in [0.4, 0.5) is 0 Å². The number of carbonyl (C=O) groups excluding carboxylic acids is 4. The third-order valence-electron chi connectivity index (χ3n) is 13.7. The first-order valence-electron chi connectivity index (χ1n) is 22.2. The molecule has 0 saturated carbocycles. The van der Waals surface area contributed by atoms with Crippen molar-refractivity contribution in [3.8, 4) is 22.3 Å². The number of carbonyl (C=O) groups is 4. The Morgan fingerprint density at radius 1 is 0.508 bits per heavy atom. The highest BCUT2D eigenvalue weighted by Gasteiger charge is 2.41. The van der Waals surface area contributed by atoms with Gasteiger partial charge in [0.25, 0.3) is 23.6 Å². The summed E-state index contributed by atoms with van der Waals surface area (Å²) in [6, 6.07) is 26.2. The minimum absolute atomic E-state index is 0.0192. The van der Waals surface area contributed by atoms with Crippen molar-refractivity contribution in [2.75, 3.05) is 18.4 Å².